The highest BCUT2D eigenvalue weighted by Crippen LogP contribution is 2.10. The van der Waals surface area contributed by atoms with E-state index in [0.29, 0.717) is 19.4 Å². The molecule has 1 atom stereocenters. The van der Waals surface area contributed by atoms with Crippen molar-refractivity contribution in [2.75, 3.05) is 29.6 Å². The second-order valence-corrected chi connectivity index (χ2v) is 8.74. The lowest BCUT2D eigenvalue weighted by molar-refractivity contribution is 0.560. The van der Waals surface area contributed by atoms with Crippen molar-refractivity contribution in [2.24, 2.45) is 0 Å². The van der Waals surface area contributed by atoms with Gasteiger partial charge in [-0.3, -0.25) is 0 Å². The highest BCUT2D eigenvalue weighted by Gasteiger charge is 2.27. The Morgan fingerprint density at radius 2 is 2.00 bits per heavy atom. The number of rotatable bonds is 6. The average molecular weight is 269 g/mol. The Morgan fingerprint density at radius 3 is 2.50 bits per heavy atom. The van der Waals surface area contributed by atoms with Crippen LogP contribution in [0.1, 0.15) is 19.8 Å². The van der Waals surface area contributed by atoms with Crippen LogP contribution < -0.4 is 5.32 Å². The molecule has 1 aliphatic heterocycles. The maximum absolute atomic E-state index is 11.4. The first kappa shape index (κ1) is 13.9. The van der Waals surface area contributed by atoms with Gasteiger partial charge < -0.3 is 5.32 Å². The monoisotopic (exact) mass is 269 g/mol. The third-order valence-corrected chi connectivity index (χ3v) is 6.22. The molecular formula is C9H19NO4S2. The van der Waals surface area contributed by atoms with E-state index in [4.69, 9.17) is 0 Å². The number of sulfone groups is 2. The Morgan fingerprint density at radius 1 is 1.31 bits per heavy atom. The Balaban J connectivity index is 2.27. The van der Waals surface area contributed by atoms with Gasteiger partial charge in [0.15, 0.2) is 19.7 Å². The van der Waals surface area contributed by atoms with Crippen LogP contribution in [0, 0.1) is 0 Å². The quantitative estimate of drug-likeness (QED) is 0.709. The van der Waals surface area contributed by atoms with E-state index in [2.05, 4.69) is 5.32 Å². The summed E-state index contributed by atoms with van der Waals surface area (Å²) in [5, 5.41) is 2.99. The van der Waals surface area contributed by atoms with Gasteiger partial charge in [0, 0.05) is 18.3 Å². The van der Waals surface area contributed by atoms with Crippen molar-refractivity contribution in [3.63, 3.8) is 0 Å². The molecule has 16 heavy (non-hydrogen) atoms. The van der Waals surface area contributed by atoms with Gasteiger partial charge >= 0.3 is 0 Å². The van der Waals surface area contributed by atoms with Crippen molar-refractivity contribution in [3.05, 3.63) is 0 Å². The summed E-state index contributed by atoms with van der Waals surface area (Å²) in [4.78, 5) is 0. The smallest absolute Gasteiger partial charge is 0.151 e. The number of nitrogens with one attached hydrogen (secondary N) is 1. The Hall–Kier alpha value is -0.140. The first-order valence-electron chi connectivity index (χ1n) is 5.49. The molecule has 0 amide bonds. The standard InChI is InChI=1S/C9H19NO4S2/c1-2-5-15(11,12)7-4-10-9-3-6-16(13,14)8-9/h9-10H,2-8H2,1H3. The molecule has 1 fully saturated rings. The second kappa shape index (κ2) is 5.46. The molecule has 0 bridgehead atoms. The zero-order valence-electron chi connectivity index (χ0n) is 9.48. The molecule has 1 aliphatic rings. The van der Waals surface area contributed by atoms with Crippen LogP contribution in [0.5, 0.6) is 0 Å². The fourth-order valence-corrected chi connectivity index (χ4v) is 4.75. The van der Waals surface area contributed by atoms with Crippen molar-refractivity contribution in [2.45, 2.75) is 25.8 Å². The normalized spacial score (nSPS) is 24.7. The molecule has 1 saturated heterocycles. The Bertz CT molecular complexity index is 413. The van der Waals surface area contributed by atoms with Gasteiger partial charge in [-0.05, 0) is 12.8 Å². The number of hydrogen-bond donors (Lipinski definition) is 1. The highest BCUT2D eigenvalue weighted by atomic mass is 32.2. The molecule has 1 unspecified atom stereocenters. The number of hydrogen-bond acceptors (Lipinski definition) is 5. The summed E-state index contributed by atoms with van der Waals surface area (Å²) in [5.74, 6) is 0.655. The van der Waals surface area contributed by atoms with Crippen LogP contribution in [0.4, 0.5) is 0 Å². The lowest BCUT2D eigenvalue weighted by Gasteiger charge is -2.10. The van der Waals surface area contributed by atoms with Crippen LogP contribution in [-0.2, 0) is 19.7 Å². The molecule has 0 aromatic rings. The van der Waals surface area contributed by atoms with Crippen molar-refractivity contribution in [1.29, 1.82) is 0 Å². The van der Waals surface area contributed by atoms with Crippen LogP contribution in [0.2, 0.25) is 0 Å². The molecule has 0 aromatic heterocycles. The van der Waals surface area contributed by atoms with E-state index < -0.39 is 19.7 Å². The topological polar surface area (TPSA) is 80.3 Å². The summed E-state index contributed by atoms with van der Waals surface area (Å²) in [6.45, 7) is 2.18. The van der Waals surface area contributed by atoms with Gasteiger partial charge in [0.2, 0.25) is 0 Å². The fourth-order valence-electron chi connectivity index (χ4n) is 1.79. The summed E-state index contributed by atoms with van der Waals surface area (Å²) in [6, 6.07) is -0.0678. The predicted molar refractivity (Wildman–Crippen MR) is 64.0 cm³/mol. The molecule has 96 valence electrons. The Labute approximate surface area is 97.5 Å². The summed E-state index contributed by atoms with van der Waals surface area (Å²) in [7, 11) is -5.85. The van der Waals surface area contributed by atoms with Crippen LogP contribution >= 0.6 is 0 Å². The van der Waals surface area contributed by atoms with Crippen LogP contribution in [-0.4, -0.2) is 52.4 Å². The van der Waals surface area contributed by atoms with E-state index in [1.165, 1.54) is 0 Å². The minimum Gasteiger partial charge on any atom is -0.312 e. The molecule has 0 aliphatic carbocycles. The maximum atomic E-state index is 11.4. The van der Waals surface area contributed by atoms with E-state index in [1.807, 2.05) is 6.92 Å². The second-order valence-electron chi connectivity index (χ2n) is 4.21. The summed E-state index contributed by atoms with van der Waals surface area (Å²) in [6.07, 6.45) is 1.22. The molecule has 0 aromatic carbocycles. The van der Waals surface area contributed by atoms with Gasteiger partial charge in [-0.25, -0.2) is 16.8 Å². The molecule has 1 N–H and O–H groups in total. The first-order chi connectivity index (χ1) is 7.35. The van der Waals surface area contributed by atoms with Gasteiger partial charge in [0.05, 0.1) is 17.3 Å². The van der Waals surface area contributed by atoms with Crippen molar-refractivity contribution < 1.29 is 16.8 Å². The first-order valence-corrected chi connectivity index (χ1v) is 9.13. The molecule has 7 heteroatoms. The van der Waals surface area contributed by atoms with Crippen LogP contribution in [0.3, 0.4) is 0 Å². The average Bonchev–Trinajstić information content (AvgIpc) is 2.45. The van der Waals surface area contributed by atoms with Crippen molar-refractivity contribution >= 4 is 19.7 Å². The largest absolute Gasteiger partial charge is 0.312 e. The minimum absolute atomic E-state index is 0.0678. The van der Waals surface area contributed by atoms with E-state index in [9.17, 15) is 16.8 Å². The van der Waals surface area contributed by atoms with Gasteiger partial charge in [0.25, 0.3) is 0 Å². The van der Waals surface area contributed by atoms with E-state index >= 15 is 0 Å². The van der Waals surface area contributed by atoms with Crippen LogP contribution in [0.25, 0.3) is 0 Å². The van der Waals surface area contributed by atoms with Crippen molar-refractivity contribution in [1.82, 2.24) is 5.32 Å². The highest BCUT2D eigenvalue weighted by molar-refractivity contribution is 7.91. The van der Waals surface area contributed by atoms with Gasteiger partial charge in [-0.15, -0.1) is 0 Å². The Kier molecular flexibility index (Phi) is 4.75. The molecule has 1 heterocycles. The summed E-state index contributed by atoms with van der Waals surface area (Å²) < 4.78 is 45.0. The zero-order chi connectivity index (χ0) is 12.2. The maximum Gasteiger partial charge on any atom is 0.151 e. The third kappa shape index (κ3) is 4.80. The van der Waals surface area contributed by atoms with Gasteiger partial charge in [-0.2, -0.15) is 0 Å². The minimum atomic E-state index is -2.96. The lowest BCUT2D eigenvalue weighted by Crippen LogP contribution is -2.34. The molecule has 5 nitrogen and oxygen atoms in total. The van der Waals surface area contributed by atoms with Crippen LogP contribution in [0.15, 0.2) is 0 Å². The van der Waals surface area contributed by atoms with E-state index in [0.717, 1.165) is 0 Å². The third-order valence-electron chi connectivity index (χ3n) is 2.59. The van der Waals surface area contributed by atoms with Crippen molar-refractivity contribution in [3.8, 4) is 0 Å². The SMILES string of the molecule is CCCS(=O)(=O)CCNC1CCS(=O)(=O)C1. The summed E-state index contributed by atoms with van der Waals surface area (Å²) >= 11 is 0. The molecule has 0 radical (unpaired) electrons. The molecule has 1 rings (SSSR count). The molecule has 0 spiro atoms. The lowest BCUT2D eigenvalue weighted by atomic mass is 10.3. The van der Waals surface area contributed by atoms with E-state index in [-0.39, 0.29) is 29.1 Å². The fraction of sp³-hybridized carbons (Fsp3) is 1.00. The zero-order valence-corrected chi connectivity index (χ0v) is 11.1. The summed E-state index contributed by atoms with van der Waals surface area (Å²) in [5.41, 5.74) is 0. The molecular weight excluding hydrogens is 250 g/mol. The van der Waals surface area contributed by atoms with Gasteiger partial charge in [-0.1, -0.05) is 6.92 Å². The predicted octanol–water partition coefficient (Wildman–Crippen LogP) is -0.412. The van der Waals surface area contributed by atoms with Gasteiger partial charge in [0.1, 0.15) is 0 Å². The molecule has 0 saturated carbocycles. The van der Waals surface area contributed by atoms with E-state index in [1.54, 1.807) is 0 Å².